The van der Waals surface area contributed by atoms with Crippen LogP contribution in [-0.4, -0.2) is 19.6 Å². The quantitative estimate of drug-likeness (QED) is 0.826. The number of hydrogen-bond acceptors (Lipinski definition) is 3. The van der Waals surface area contributed by atoms with Crippen molar-refractivity contribution >= 4 is 11.6 Å². The normalized spacial score (nSPS) is 10.1. The molecule has 0 bridgehead atoms. The minimum Gasteiger partial charge on any atom is -0.497 e. The Hall–Kier alpha value is -2.49. The van der Waals surface area contributed by atoms with E-state index in [-0.39, 0.29) is 12.5 Å². The number of amides is 1. The predicted octanol–water partition coefficient (Wildman–Crippen LogP) is 2.99. The summed E-state index contributed by atoms with van der Waals surface area (Å²) < 4.78 is 5.17. The SMILES string of the molecule is CCc1ccccc1NCC(=O)NCc1cccc(OC)c1. The molecule has 4 nitrogen and oxygen atoms in total. The summed E-state index contributed by atoms with van der Waals surface area (Å²) >= 11 is 0. The molecular weight excluding hydrogens is 276 g/mol. The topological polar surface area (TPSA) is 50.4 Å². The molecule has 2 N–H and O–H groups in total. The van der Waals surface area contributed by atoms with Crippen LogP contribution < -0.4 is 15.4 Å². The maximum atomic E-state index is 11.9. The zero-order valence-electron chi connectivity index (χ0n) is 13.1. The molecule has 0 aliphatic carbocycles. The molecule has 0 spiro atoms. The number of para-hydroxylation sites is 1. The molecule has 2 aromatic rings. The van der Waals surface area contributed by atoms with E-state index in [2.05, 4.69) is 23.6 Å². The Kier molecular flexibility index (Phi) is 5.83. The molecule has 0 radical (unpaired) electrons. The van der Waals surface area contributed by atoms with Gasteiger partial charge in [-0.2, -0.15) is 0 Å². The van der Waals surface area contributed by atoms with Crippen LogP contribution in [0.15, 0.2) is 48.5 Å². The smallest absolute Gasteiger partial charge is 0.239 e. The fourth-order valence-electron chi connectivity index (χ4n) is 2.22. The van der Waals surface area contributed by atoms with Gasteiger partial charge in [0.15, 0.2) is 0 Å². The third-order valence-corrected chi connectivity index (χ3v) is 3.46. The Morgan fingerprint density at radius 1 is 1.14 bits per heavy atom. The minimum atomic E-state index is -0.0336. The maximum Gasteiger partial charge on any atom is 0.239 e. The highest BCUT2D eigenvalue weighted by Crippen LogP contribution is 2.15. The van der Waals surface area contributed by atoms with E-state index in [4.69, 9.17) is 4.74 Å². The molecule has 2 aromatic carbocycles. The lowest BCUT2D eigenvalue weighted by Crippen LogP contribution is -2.29. The van der Waals surface area contributed by atoms with E-state index in [1.807, 2.05) is 42.5 Å². The van der Waals surface area contributed by atoms with Gasteiger partial charge in [-0.1, -0.05) is 37.3 Å². The Labute approximate surface area is 131 Å². The van der Waals surface area contributed by atoms with Crippen LogP contribution in [-0.2, 0) is 17.8 Å². The van der Waals surface area contributed by atoms with Gasteiger partial charge < -0.3 is 15.4 Å². The van der Waals surface area contributed by atoms with Crippen molar-refractivity contribution in [1.82, 2.24) is 5.32 Å². The minimum absolute atomic E-state index is 0.0336. The summed E-state index contributed by atoms with van der Waals surface area (Å²) in [5.74, 6) is 0.760. The largest absolute Gasteiger partial charge is 0.497 e. The van der Waals surface area contributed by atoms with Crippen LogP contribution >= 0.6 is 0 Å². The van der Waals surface area contributed by atoms with Crippen molar-refractivity contribution < 1.29 is 9.53 Å². The number of ether oxygens (including phenoxy) is 1. The monoisotopic (exact) mass is 298 g/mol. The van der Waals surface area contributed by atoms with Gasteiger partial charge in [0.25, 0.3) is 0 Å². The molecule has 1 amide bonds. The van der Waals surface area contributed by atoms with E-state index in [1.165, 1.54) is 5.56 Å². The van der Waals surface area contributed by atoms with Crippen LogP contribution in [0, 0.1) is 0 Å². The Bertz CT molecular complexity index is 626. The van der Waals surface area contributed by atoms with E-state index in [0.717, 1.165) is 23.4 Å². The molecule has 0 heterocycles. The van der Waals surface area contributed by atoms with Crippen LogP contribution in [0.5, 0.6) is 5.75 Å². The van der Waals surface area contributed by atoms with Crippen molar-refractivity contribution in [2.45, 2.75) is 19.9 Å². The second kappa shape index (κ2) is 8.08. The molecule has 0 saturated carbocycles. The van der Waals surface area contributed by atoms with Gasteiger partial charge in [0.05, 0.1) is 13.7 Å². The zero-order chi connectivity index (χ0) is 15.8. The van der Waals surface area contributed by atoms with Gasteiger partial charge in [-0.25, -0.2) is 0 Å². The van der Waals surface area contributed by atoms with Crippen molar-refractivity contribution in [2.24, 2.45) is 0 Å². The number of nitrogens with one attached hydrogen (secondary N) is 2. The first-order valence-corrected chi connectivity index (χ1v) is 7.44. The summed E-state index contributed by atoms with van der Waals surface area (Å²) in [5, 5.41) is 6.09. The van der Waals surface area contributed by atoms with Crippen molar-refractivity contribution in [3.05, 3.63) is 59.7 Å². The van der Waals surface area contributed by atoms with Crippen molar-refractivity contribution in [3.63, 3.8) is 0 Å². The van der Waals surface area contributed by atoms with Crippen LogP contribution in [0.3, 0.4) is 0 Å². The molecule has 2 rings (SSSR count). The van der Waals surface area contributed by atoms with Gasteiger partial charge in [0.1, 0.15) is 5.75 Å². The molecule has 0 aromatic heterocycles. The summed E-state index contributed by atoms with van der Waals surface area (Å²) in [6.45, 7) is 2.86. The Morgan fingerprint density at radius 2 is 1.95 bits per heavy atom. The summed E-state index contributed by atoms with van der Waals surface area (Å²) in [4.78, 5) is 11.9. The number of rotatable bonds is 7. The lowest BCUT2D eigenvalue weighted by molar-refractivity contribution is -0.119. The van der Waals surface area contributed by atoms with Crippen LogP contribution in [0.1, 0.15) is 18.1 Å². The van der Waals surface area contributed by atoms with Gasteiger partial charge in [-0.05, 0) is 35.7 Å². The first kappa shape index (κ1) is 15.9. The van der Waals surface area contributed by atoms with E-state index < -0.39 is 0 Å². The molecule has 0 fully saturated rings. The predicted molar refractivity (Wildman–Crippen MR) is 89.2 cm³/mol. The first-order valence-electron chi connectivity index (χ1n) is 7.44. The summed E-state index contributed by atoms with van der Waals surface area (Å²) in [7, 11) is 1.63. The summed E-state index contributed by atoms with van der Waals surface area (Å²) in [5.41, 5.74) is 3.24. The average Bonchev–Trinajstić information content (AvgIpc) is 2.58. The lowest BCUT2D eigenvalue weighted by Gasteiger charge is -2.11. The molecule has 0 aliphatic heterocycles. The van der Waals surface area contributed by atoms with Gasteiger partial charge >= 0.3 is 0 Å². The number of benzene rings is 2. The van der Waals surface area contributed by atoms with Gasteiger partial charge in [-0.15, -0.1) is 0 Å². The van der Waals surface area contributed by atoms with Crippen LogP contribution in [0.25, 0.3) is 0 Å². The molecule has 0 unspecified atom stereocenters. The molecule has 0 atom stereocenters. The van der Waals surface area contributed by atoms with Crippen molar-refractivity contribution in [3.8, 4) is 5.75 Å². The second-order valence-electron chi connectivity index (χ2n) is 4.99. The number of methoxy groups -OCH3 is 1. The van der Waals surface area contributed by atoms with E-state index >= 15 is 0 Å². The second-order valence-corrected chi connectivity index (χ2v) is 4.99. The highest BCUT2D eigenvalue weighted by atomic mass is 16.5. The van der Waals surface area contributed by atoms with E-state index in [1.54, 1.807) is 7.11 Å². The third kappa shape index (κ3) is 4.52. The highest BCUT2D eigenvalue weighted by Gasteiger charge is 2.04. The van der Waals surface area contributed by atoms with Crippen LogP contribution in [0.4, 0.5) is 5.69 Å². The number of carbonyl (C=O) groups is 1. The van der Waals surface area contributed by atoms with Crippen molar-refractivity contribution in [2.75, 3.05) is 19.0 Å². The standard InChI is InChI=1S/C18H22N2O2/c1-3-15-8-4-5-10-17(15)19-13-18(21)20-12-14-7-6-9-16(11-14)22-2/h4-11,19H,3,12-13H2,1-2H3,(H,20,21). The van der Waals surface area contributed by atoms with E-state index in [0.29, 0.717) is 6.54 Å². The maximum absolute atomic E-state index is 11.9. The van der Waals surface area contributed by atoms with Gasteiger partial charge in [-0.3, -0.25) is 4.79 Å². The third-order valence-electron chi connectivity index (χ3n) is 3.46. The Balaban J connectivity index is 1.83. The first-order chi connectivity index (χ1) is 10.7. The van der Waals surface area contributed by atoms with E-state index in [9.17, 15) is 4.79 Å². The van der Waals surface area contributed by atoms with Gasteiger partial charge in [0.2, 0.25) is 5.91 Å². The van der Waals surface area contributed by atoms with Crippen molar-refractivity contribution in [1.29, 1.82) is 0 Å². The molecule has 116 valence electrons. The molecule has 0 saturated heterocycles. The zero-order valence-corrected chi connectivity index (χ0v) is 13.1. The molecule has 22 heavy (non-hydrogen) atoms. The number of hydrogen-bond donors (Lipinski definition) is 2. The number of carbonyl (C=O) groups excluding carboxylic acids is 1. The lowest BCUT2D eigenvalue weighted by atomic mass is 10.1. The summed E-state index contributed by atoms with van der Waals surface area (Å²) in [6.07, 6.45) is 0.939. The number of anilines is 1. The fraction of sp³-hybridized carbons (Fsp3) is 0.278. The highest BCUT2D eigenvalue weighted by molar-refractivity contribution is 5.80. The summed E-state index contributed by atoms with van der Waals surface area (Å²) in [6, 6.07) is 15.7. The number of aryl methyl sites for hydroxylation is 1. The fourth-order valence-corrected chi connectivity index (χ4v) is 2.22. The molecule has 4 heteroatoms. The van der Waals surface area contributed by atoms with Gasteiger partial charge in [0, 0.05) is 12.2 Å². The Morgan fingerprint density at radius 3 is 2.73 bits per heavy atom. The van der Waals surface area contributed by atoms with Crippen LogP contribution in [0.2, 0.25) is 0 Å². The molecule has 0 aliphatic rings. The molecular formula is C18H22N2O2. The average molecular weight is 298 g/mol.